The lowest BCUT2D eigenvalue weighted by Gasteiger charge is -2.47. The maximum atomic E-state index is 13.0. The van der Waals surface area contributed by atoms with E-state index in [4.69, 9.17) is 0 Å². The van der Waals surface area contributed by atoms with E-state index in [9.17, 15) is 14.9 Å². The molecule has 0 bridgehead atoms. The fourth-order valence-corrected chi connectivity index (χ4v) is 4.76. The Labute approximate surface area is 146 Å². The summed E-state index contributed by atoms with van der Waals surface area (Å²) < 4.78 is 0. The second-order valence-corrected chi connectivity index (χ2v) is 7.67. The van der Waals surface area contributed by atoms with Gasteiger partial charge in [0.15, 0.2) is 0 Å². The molecular weight excluding hydrogens is 322 g/mol. The maximum Gasteiger partial charge on any atom is 0.261 e. The molecule has 2 heterocycles. The molecule has 5 nitrogen and oxygen atoms in total. The van der Waals surface area contributed by atoms with Crippen LogP contribution in [0.15, 0.2) is 15.9 Å². The Morgan fingerprint density at radius 1 is 1.38 bits per heavy atom. The van der Waals surface area contributed by atoms with Gasteiger partial charge in [0.1, 0.15) is 11.6 Å². The first-order chi connectivity index (χ1) is 11.6. The minimum atomic E-state index is -0.394. The highest BCUT2D eigenvalue weighted by Gasteiger charge is 2.40. The molecule has 1 saturated carbocycles. The van der Waals surface area contributed by atoms with E-state index in [0.29, 0.717) is 29.0 Å². The van der Waals surface area contributed by atoms with E-state index in [1.165, 1.54) is 30.7 Å². The first kappa shape index (κ1) is 17.1. The molecule has 0 aromatic carbocycles. The van der Waals surface area contributed by atoms with E-state index in [-0.39, 0.29) is 17.5 Å². The quantitative estimate of drug-likeness (QED) is 0.836. The number of H-pyrrole nitrogens is 1. The Morgan fingerprint density at radius 3 is 2.83 bits per heavy atom. The molecule has 0 spiro atoms. The predicted molar refractivity (Wildman–Crippen MR) is 94.1 cm³/mol. The normalized spacial score (nSPS) is 26.5. The molecule has 1 aliphatic carbocycles. The second-order valence-electron chi connectivity index (χ2n) is 6.85. The number of amides is 1. The van der Waals surface area contributed by atoms with Crippen molar-refractivity contribution in [1.82, 2.24) is 9.88 Å². The highest BCUT2D eigenvalue weighted by Crippen LogP contribution is 2.39. The van der Waals surface area contributed by atoms with Crippen LogP contribution in [0.2, 0.25) is 0 Å². The van der Waals surface area contributed by atoms with Crippen molar-refractivity contribution in [1.29, 1.82) is 5.26 Å². The van der Waals surface area contributed by atoms with Gasteiger partial charge in [-0.15, -0.1) is 11.8 Å². The van der Waals surface area contributed by atoms with Gasteiger partial charge in [-0.3, -0.25) is 9.59 Å². The number of rotatable bonds is 2. The Kier molecular flexibility index (Phi) is 5.00. The molecule has 24 heavy (non-hydrogen) atoms. The summed E-state index contributed by atoms with van der Waals surface area (Å²) in [4.78, 5) is 30.0. The van der Waals surface area contributed by atoms with E-state index < -0.39 is 5.56 Å². The molecule has 2 fully saturated rings. The molecule has 128 valence electrons. The molecule has 6 heteroatoms. The standard InChI is InChI=1S/C18H23N3O2S/c1-11-7-8-21(15-6-4-3-5-13(11)15)18(23)14-9-12(10-19)17(24-2)20-16(14)22/h9,11,13,15H,3-8H2,1-2H3,(H,20,22)/t11-,13+,15-/m0/s1. The van der Waals surface area contributed by atoms with Crippen molar-refractivity contribution in [2.24, 2.45) is 11.8 Å². The molecule has 0 radical (unpaired) electrons. The third-order valence-electron chi connectivity index (χ3n) is 5.56. The number of hydrogen-bond acceptors (Lipinski definition) is 4. The van der Waals surface area contributed by atoms with Crippen molar-refractivity contribution in [3.63, 3.8) is 0 Å². The number of thioether (sulfide) groups is 1. The summed E-state index contributed by atoms with van der Waals surface area (Å²) >= 11 is 1.31. The van der Waals surface area contributed by atoms with Crippen LogP contribution >= 0.6 is 11.8 Å². The first-order valence-electron chi connectivity index (χ1n) is 8.59. The lowest BCUT2D eigenvalue weighted by atomic mass is 9.72. The summed E-state index contributed by atoms with van der Waals surface area (Å²) in [7, 11) is 0. The molecule has 3 rings (SSSR count). The molecule has 1 amide bonds. The predicted octanol–water partition coefficient (Wildman–Crippen LogP) is 3.01. The molecule has 1 N–H and O–H groups in total. The number of likely N-dealkylation sites (tertiary alicyclic amines) is 1. The topological polar surface area (TPSA) is 77.0 Å². The van der Waals surface area contributed by atoms with Gasteiger partial charge in [0.05, 0.1) is 10.6 Å². The smallest absolute Gasteiger partial charge is 0.261 e. The van der Waals surface area contributed by atoms with Gasteiger partial charge in [-0.05, 0) is 43.4 Å². The number of nitrogens with one attached hydrogen (secondary N) is 1. The fraction of sp³-hybridized carbons (Fsp3) is 0.611. The Hall–Kier alpha value is -1.74. The van der Waals surface area contributed by atoms with Crippen LogP contribution in [0.5, 0.6) is 0 Å². The van der Waals surface area contributed by atoms with Gasteiger partial charge in [-0.25, -0.2) is 0 Å². The zero-order valence-corrected chi connectivity index (χ0v) is 15.0. The van der Waals surface area contributed by atoms with E-state index >= 15 is 0 Å². The largest absolute Gasteiger partial charge is 0.335 e. The number of nitriles is 1. The summed E-state index contributed by atoms with van der Waals surface area (Å²) in [6, 6.07) is 3.77. The lowest BCUT2D eigenvalue weighted by molar-refractivity contribution is 0.0216. The van der Waals surface area contributed by atoms with Gasteiger partial charge in [-0.2, -0.15) is 5.26 Å². The molecule has 1 aromatic heterocycles. The molecule has 2 aliphatic rings. The van der Waals surface area contributed by atoms with Crippen molar-refractivity contribution in [2.75, 3.05) is 12.8 Å². The number of hydrogen-bond donors (Lipinski definition) is 1. The molecule has 1 aliphatic heterocycles. The maximum absolute atomic E-state index is 13.0. The van der Waals surface area contributed by atoms with Crippen LogP contribution in [0.1, 0.15) is 54.9 Å². The average molecular weight is 345 g/mol. The van der Waals surface area contributed by atoms with Gasteiger partial charge in [0, 0.05) is 12.6 Å². The van der Waals surface area contributed by atoms with Crippen molar-refractivity contribution in [3.05, 3.63) is 27.5 Å². The molecule has 0 unspecified atom stereocenters. The van der Waals surface area contributed by atoms with Crippen LogP contribution in [0, 0.1) is 23.2 Å². The van der Waals surface area contributed by atoms with Crippen molar-refractivity contribution >= 4 is 17.7 Å². The van der Waals surface area contributed by atoms with Gasteiger partial charge in [0.25, 0.3) is 11.5 Å². The van der Waals surface area contributed by atoms with Crippen molar-refractivity contribution < 1.29 is 4.79 Å². The highest BCUT2D eigenvalue weighted by atomic mass is 32.2. The minimum Gasteiger partial charge on any atom is -0.335 e. The van der Waals surface area contributed by atoms with Gasteiger partial charge < -0.3 is 9.88 Å². The Morgan fingerprint density at radius 2 is 2.12 bits per heavy atom. The summed E-state index contributed by atoms with van der Waals surface area (Å²) in [5.41, 5.74) is 0.0635. The first-order valence-corrected chi connectivity index (χ1v) is 9.81. The number of nitrogens with zero attached hydrogens (tertiary/aromatic N) is 2. The summed E-state index contributed by atoms with van der Waals surface area (Å²) in [6.07, 6.45) is 7.34. The third-order valence-corrected chi connectivity index (χ3v) is 6.29. The van der Waals surface area contributed by atoms with E-state index in [1.54, 1.807) is 6.26 Å². The zero-order valence-electron chi connectivity index (χ0n) is 14.2. The number of pyridine rings is 1. The van der Waals surface area contributed by atoms with Crippen LogP contribution in [0.4, 0.5) is 0 Å². The highest BCUT2D eigenvalue weighted by molar-refractivity contribution is 7.98. The monoisotopic (exact) mass is 345 g/mol. The molecular formula is C18H23N3O2S. The number of aromatic amines is 1. The number of piperidine rings is 1. The Balaban J connectivity index is 1.94. The van der Waals surface area contributed by atoms with Crippen LogP contribution < -0.4 is 5.56 Å². The summed E-state index contributed by atoms with van der Waals surface area (Å²) in [5, 5.41) is 9.78. The van der Waals surface area contributed by atoms with Gasteiger partial charge in [0.2, 0.25) is 0 Å². The molecule has 1 aromatic rings. The minimum absolute atomic E-state index is 0.100. The summed E-state index contributed by atoms with van der Waals surface area (Å²) in [5.74, 6) is 0.951. The van der Waals surface area contributed by atoms with E-state index in [1.807, 2.05) is 4.90 Å². The number of carbonyl (C=O) groups is 1. The zero-order chi connectivity index (χ0) is 17.3. The number of fused-ring (bicyclic) bond motifs is 1. The number of aromatic nitrogens is 1. The Bertz CT molecular complexity index is 737. The SMILES string of the molecule is CSc1[nH]c(=O)c(C(=O)N2CC[C@H](C)[C@H]3CCCC[C@@H]32)cc1C#N. The van der Waals surface area contributed by atoms with Crippen LogP contribution in [-0.4, -0.2) is 34.6 Å². The fourth-order valence-electron chi connectivity index (χ4n) is 4.24. The van der Waals surface area contributed by atoms with Gasteiger partial charge in [-0.1, -0.05) is 19.8 Å². The van der Waals surface area contributed by atoms with E-state index in [0.717, 1.165) is 19.3 Å². The summed E-state index contributed by atoms with van der Waals surface area (Å²) in [6.45, 7) is 2.98. The molecule has 3 atom stereocenters. The van der Waals surface area contributed by atoms with Gasteiger partial charge >= 0.3 is 0 Å². The van der Waals surface area contributed by atoms with Crippen LogP contribution in [-0.2, 0) is 0 Å². The molecule has 1 saturated heterocycles. The van der Waals surface area contributed by atoms with E-state index in [2.05, 4.69) is 18.0 Å². The third kappa shape index (κ3) is 2.98. The number of carbonyl (C=O) groups excluding carboxylic acids is 1. The van der Waals surface area contributed by atoms with Crippen LogP contribution in [0.25, 0.3) is 0 Å². The van der Waals surface area contributed by atoms with Crippen molar-refractivity contribution in [3.8, 4) is 6.07 Å². The average Bonchev–Trinajstić information content (AvgIpc) is 2.61. The van der Waals surface area contributed by atoms with Crippen molar-refractivity contribution in [2.45, 2.75) is 50.1 Å². The second kappa shape index (κ2) is 7.02. The van der Waals surface area contributed by atoms with Crippen LogP contribution in [0.3, 0.4) is 0 Å². The lowest BCUT2D eigenvalue weighted by Crippen LogP contribution is -2.53.